The molecule has 21 heavy (non-hydrogen) atoms. The van der Waals surface area contributed by atoms with Crippen LogP contribution in [0.1, 0.15) is 6.42 Å². The molecule has 1 aromatic rings. The van der Waals surface area contributed by atoms with Crippen molar-refractivity contribution >= 4 is 40.4 Å². The summed E-state index contributed by atoms with van der Waals surface area (Å²) < 4.78 is 18.4. The van der Waals surface area contributed by atoms with Gasteiger partial charge in [0.1, 0.15) is 27.2 Å². The minimum atomic E-state index is -0.637. The van der Waals surface area contributed by atoms with Crippen LogP contribution in [0.25, 0.3) is 0 Å². The lowest BCUT2D eigenvalue weighted by molar-refractivity contribution is -0.117. The maximum atomic E-state index is 13.4. The van der Waals surface area contributed by atoms with E-state index in [0.29, 0.717) is 18.7 Å². The van der Waals surface area contributed by atoms with Crippen LogP contribution in [-0.4, -0.2) is 29.7 Å². The van der Waals surface area contributed by atoms with Crippen molar-refractivity contribution in [1.82, 2.24) is 5.32 Å². The standard InChI is InChI=1S/C13H12ClFN2O3S/c1-20-11-7(3-2-6(15)10(11)14)17-13(21)9-8(18)4-5-16-12(9)19/h2-3,18H,4-5H2,1H3,(H,16,19)(H,17,21). The first kappa shape index (κ1) is 15.5. The number of carbonyl (C=O) groups is 1. The Morgan fingerprint density at radius 1 is 1.57 bits per heavy atom. The molecule has 0 radical (unpaired) electrons. The largest absolute Gasteiger partial charge is 0.511 e. The molecule has 2 rings (SSSR count). The van der Waals surface area contributed by atoms with Gasteiger partial charge in [-0.25, -0.2) is 4.39 Å². The maximum Gasteiger partial charge on any atom is 0.257 e. The summed E-state index contributed by atoms with van der Waals surface area (Å²) in [5.41, 5.74) is 0.284. The monoisotopic (exact) mass is 330 g/mol. The Balaban J connectivity index is 2.32. The lowest BCUT2D eigenvalue weighted by atomic mass is 10.1. The normalized spacial score (nSPS) is 14.7. The van der Waals surface area contributed by atoms with Crippen LogP contribution in [0.4, 0.5) is 10.1 Å². The fourth-order valence-corrected chi connectivity index (χ4v) is 2.45. The fourth-order valence-electron chi connectivity index (χ4n) is 1.89. The Morgan fingerprint density at radius 3 is 2.90 bits per heavy atom. The molecule has 0 bridgehead atoms. The third-order valence-corrected chi connectivity index (χ3v) is 3.55. The number of aliphatic hydroxyl groups is 1. The van der Waals surface area contributed by atoms with Crippen molar-refractivity contribution in [3.05, 3.63) is 34.3 Å². The summed E-state index contributed by atoms with van der Waals surface area (Å²) in [5, 5.41) is 14.9. The van der Waals surface area contributed by atoms with Crippen molar-refractivity contribution in [2.75, 3.05) is 19.0 Å². The minimum Gasteiger partial charge on any atom is -0.511 e. The van der Waals surface area contributed by atoms with Crippen molar-refractivity contribution < 1.29 is 19.0 Å². The van der Waals surface area contributed by atoms with Crippen molar-refractivity contribution in [1.29, 1.82) is 0 Å². The fraction of sp³-hybridized carbons (Fsp3) is 0.231. The molecule has 0 saturated carbocycles. The Morgan fingerprint density at radius 2 is 2.29 bits per heavy atom. The summed E-state index contributed by atoms with van der Waals surface area (Å²) in [5.74, 6) is -1.13. The average Bonchev–Trinajstić information content (AvgIpc) is 2.43. The zero-order chi connectivity index (χ0) is 15.6. The summed E-state index contributed by atoms with van der Waals surface area (Å²) in [7, 11) is 1.33. The van der Waals surface area contributed by atoms with E-state index in [9.17, 15) is 14.3 Å². The average molecular weight is 331 g/mol. The van der Waals surface area contributed by atoms with Gasteiger partial charge in [-0.3, -0.25) is 4.79 Å². The molecule has 0 spiro atoms. The van der Waals surface area contributed by atoms with Crippen molar-refractivity contribution in [3.8, 4) is 5.75 Å². The van der Waals surface area contributed by atoms with Crippen LogP contribution < -0.4 is 15.4 Å². The quantitative estimate of drug-likeness (QED) is 0.743. The van der Waals surface area contributed by atoms with E-state index in [4.69, 9.17) is 28.6 Å². The molecule has 8 heteroatoms. The number of nitrogens with one attached hydrogen (secondary N) is 2. The Bertz CT molecular complexity index is 649. The van der Waals surface area contributed by atoms with Gasteiger partial charge in [-0.05, 0) is 12.1 Å². The van der Waals surface area contributed by atoms with E-state index < -0.39 is 11.7 Å². The zero-order valence-electron chi connectivity index (χ0n) is 11.0. The molecular weight excluding hydrogens is 319 g/mol. The van der Waals surface area contributed by atoms with Gasteiger partial charge in [0.25, 0.3) is 5.91 Å². The van der Waals surface area contributed by atoms with Gasteiger partial charge in [0.15, 0.2) is 5.75 Å². The van der Waals surface area contributed by atoms with E-state index >= 15 is 0 Å². The van der Waals surface area contributed by atoms with Crippen LogP contribution in [0, 0.1) is 5.82 Å². The van der Waals surface area contributed by atoms with Crippen molar-refractivity contribution in [2.24, 2.45) is 0 Å². The van der Waals surface area contributed by atoms with Gasteiger partial charge in [0, 0.05) is 13.0 Å². The molecular formula is C13H12ClFN2O3S. The van der Waals surface area contributed by atoms with Crippen LogP contribution in [0.5, 0.6) is 5.75 Å². The first-order chi connectivity index (χ1) is 9.95. The van der Waals surface area contributed by atoms with Gasteiger partial charge >= 0.3 is 0 Å². The van der Waals surface area contributed by atoms with Gasteiger partial charge in [0.2, 0.25) is 0 Å². The number of hydrogen-bond donors (Lipinski definition) is 3. The summed E-state index contributed by atoms with van der Waals surface area (Å²) in [6.07, 6.45) is 0.296. The molecule has 112 valence electrons. The Kier molecular flexibility index (Phi) is 4.64. The summed E-state index contributed by atoms with van der Waals surface area (Å²) >= 11 is 10.9. The van der Waals surface area contributed by atoms with Crippen LogP contribution in [-0.2, 0) is 4.79 Å². The molecule has 0 aromatic heterocycles. The molecule has 0 fully saturated rings. The molecule has 3 N–H and O–H groups in total. The van der Waals surface area contributed by atoms with Crippen molar-refractivity contribution in [2.45, 2.75) is 6.42 Å². The maximum absolute atomic E-state index is 13.4. The predicted molar refractivity (Wildman–Crippen MR) is 81.5 cm³/mol. The smallest absolute Gasteiger partial charge is 0.257 e. The number of thiocarbonyl (C=S) groups is 1. The summed E-state index contributed by atoms with van der Waals surface area (Å²) in [6, 6.07) is 2.52. The number of benzene rings is 1. The second-order valence-electron chi connectivity index (χ2n) is 4.22. The number of carbonyl (C=O) groups excluding carboxylic acids is 1. The van der Waals surface area contributed by atoms with Crippen molar-refractivity contribution in [3.63, 3.8) is 0 Å². The number of rotatable bonds is 3. The van der Waals surface area contributed by atoms with Gasteiger partial charge in [-0.1, -0.05) is 23.8 Å². The molecule has 0 atom stereocenters. The highest BCUT2D eigenvalue weighted by atomic mass is 35.5. The first-order valence-corrected chi connectivity index (χ1v) is 6.78. The number of hydrogen-bond acceptors (Lipinski definition) is 4. The number of aliphatic hydroxyl groups excluding tert-OH is 1. The number of methoxy groups -OCH3 is 1. The SMILES string of the molecule is COc1c(NC(=S)C2=C(O)CCNC2=O)ccc(F)c1Cl. The van der Waals surface area contributed by atoms with E-state index in [1.165, 1.54) is 13.2 Å². The van der Waals surface area contributed by atoms with Crippen LogP contribution >= 0.6 is 23.8 Å². The van der Waals surface area contributed by atoms with Gasteiger partial charge in [-0.15, -0.1) is 0 Å². The van der Waals surface area contributed by atoms with Crippen LogP contribution in [0.15, 0.2) is 23.5 Å². The highest BCUT2D eigenvalue weighted by molar-refractivity contribution is 7.81. The Labute approximate surface area is 130 Å². The van der Waals surface area contributed by atoms with E-state index in [-0.39, 0.29) is 27.1 Å². The molecule has 1 heterocycles. The molecule has 1 aromatic carbocycles. The number of anilines is 1. The molecule has 1 amide bonds. The van der Waals surface area contributed by atoms with E-state index in [1.54, 1.807) is 0 Å². The van der Waals surface area contributed by atoms with Crippen LogP contribution in [0.2, 0.25) is 5.02 Å². The molecule has 1 aliphatic rings. The highest BCUT2D eigenvalue weighted by Crippen LogP contribution is 2.35. The third kappa shape index (κ3) is 3.08. The van der Waals surface area contributed by atoms with Gasteiger partial charge in [-0.2, -0.15) is 0 Å². The molecule has 5 nitrogen and oxygen atoms in total. The number of ether oxygens (including phenoxy) is 1. The lowest BCUT2D eigenvalue weighted by Crippen LogP contribution is -2.36. The second kappa shape index (κ2) is 6.28. The summed E-state index contributed by atoms with van der Waals surface area (Å²) in [6.45, 7) is 0.350. The van der Waals surface area contributed by atoms with Crippen LogP contribution in [0.3, 0.4) is 0 Å². The molecule has 1 aliphatic heterocycles. The first-order valence-electron chi connectivity index (χ1n) is 5.99. The van der Waals surface area contributed by atoms with Gasteiger partial charge < -0.3 is 20.5 Å². The van der Waals surface area contributed by atoms with E-state index in [1.807, 2.05) is 0 Å². The third-order valence-electron chi connectivity index (χ3n) is 2.89. The molecule has 0 saturated heterocycles. The Hall–Kier alpha value is -1.86. The van der Waals surface area contributed by atoms with E-state index in [2.05, 4.69) is 10.6 Å². The van der Waals surface area contributed by atoms with E-state index in [0.717, 1.165) is 6.07 Å². The summed E-state index contributed by atoms with van der Waals surface area (Å²) in [4.78, 5) is 11.7. The molecule has 0 unspecified atom stereocenters. The number of amides is 1. The second-order valence-corrected chi connectivity index (χ2v) is 5.01. The number of halogens is 2. The minimum absolute atomic E-state index is 0.00525. The lowest BCUT2D eigenvalue weighted by Gasteiger charge is -2.19. The zero-order valence-corrected chi connectivity index (χ0v) is 12.6. The topological polar surface area (TPSA) is 70.6 Å². The van der Waals surface area contributed by atoms with Gasteiger partial charge in [0.05, 0.1) is 12.8 Å². The highest BCUT2D eigenvalue weighted by Gasteiger charge is 2.25. The predicted octanol–water partition coefficient (Wildman–Crippen LogP) is 2.56. The molecule has 0 aliphatic carbocycles.